The molecule has 1 aromatic rings. The average Bonchev–Trinajstić information content (AvgIpc) is 2.05. The molecule has 0 fully saturated rings. The van der Waals surface area contributed by atoms with Gasteiger partial charge in [0.25, 0.3) is 0 Å². The van der Waals surface area contributed by atoms with E-state index in [0.717, 1.165) is 0 Å². The van der Waals surface area contributed by atoms with Crippen molar-refractivity contribution < 1.29 is 13.2 Å². The molecule has 0 bridgehead atoms. The van der Waals surface area contributed by atoms with Crippen molar-refractivity contribution in [3.05, 3.63) is 29.8 Å². The number of aldehydes is 1. The number of carbonyl (C=O) groups is 1. The standard InChI is InChI=1S/C7H6O3S/c8-5-6-2-1-3-7(4-6)11(9)10/h1-5,11H. The first-order valence-electron chi connectivity index (χ1n) is 2.93. The Kier molecular flexibility index (Phi) is 2.38. The molecule has 0 spiro atoms. The predicted molar refractivity (Wildman–Crippen MR) is 40.4 cm³/mol. The summed E-state index contributed by atoms with van der Waals surface area (Å²) in [7, 11) is -2.58. The molecule has 0 amide bonds. The molecule has 0 atom stereocenters. The molecular formula is C7H6O3S. The van der Waals surface area contributed by atoms with Crippen molar-refractivity contribution in [2.24, 2.45) is 0 Å². The van der Waals surface area contributed by atoms with E-state index in [1.54, 1.807) is 6.07 Å². The van der Waals surface area contributed by atoms with Crippen LogP contribution in [0.4, 0.5) is 0 Å². The first-order valence-corrected chi connectivity index (χ1v) is 4.11. The van der Waals surface area contributed by atoms with Gasteiger partial charge >= 0.3 is 0 Å². The third-order valence-electron chi connectivity index (χ3n) is 1.22. The van der Waals surface area contributed by atoms with Gasteiger partial charge in [0.2, 0.25) is 0 Å². The smallest absolute Gasteiger partial charge is 0.168 e. The van der Waals surface area contributed by atoms with Gasteiger partial charge in [0.05, 0.1) is 4.90 Å². The van der Waals surface area contributed by atoms with Crippen LogP contribution < -0.4 is 0 Å². The van der Waals surface area contributed by atoms with Crippen molar-refractivity contribution in [1.29, 1.82) is 0 Å². The van der Waals surface area contributed by atoms with Gasteiger partial charge in [0, 0.05) is 5.56 Å². The van der Waals surface area contributed by atoms with Gasteiger partial charge in [-0.1, -0.05) is 12.1 Å². The molecular weight excluding hydrogens is 164 g/mol. The van der Waals surface area contributed by atoms with Crippen LogP contribution in [0, 0.1) is 0 Å². The van der Waals surface area contributed by atoms with Crippen LogP contribution in [0.5, 0.6) is 0 Å². The van der Waals surface area contributed by atoms with Gasteiger partial charge in [0.1, 0.15) is 6.29 Å². The monoisotopic (exact) mass is 170 g/mol. The van der Waals surface area contributed by atoms with Crippen molar-refractivity contribution in [1.82, 2.24) is 0 Å². The zero-order valence-corrected chi connectivity index (χ0v) is 6.45. The summed E-state index contributed by atoms with van der Waals surface area (Å²) < 4.78 is 20.8. The van der Waals surface area contributed by atoms with E-state index in [1.165, 1.54) is 18.2 Å². The van der Waals surface area contributed by atoms with E-state index in [4.69, 9.17) is 0 Å². The molecule has 0 saturated carbocycles. The van der Waals surface area contributed by atoms with E-state index in [-0.39, 0.29) is 4.90 Å². The zero-order chi connectivity index (χ0) is 8.27. The highest BCUT2D eigenvalue weighted by atomic mass is 32.2. The van der Waals surface area contributed by atoms with E-state index in [2.05, 4.69) is 0 Å². The molecule has 0 N–H and O–H groups in total. The molecule has 0 heterocycles. The Hall–Kier alpha value is -1.16. The molecule has 0 radical (unpaired) electrons. The highest BCUT2D eigenvalue weighted by Gasteiger charge is 1.94. The van der Waals surface area contributed by atoms with Crippen molar-refractivity contribution in [3.8, 4) is 0 Å². The van der Waals surface area contributed by atoms with Crippen molar-refractivity contribution in [2.75, 3.05) is 0 Å². The molecule has 0 aliphatic heterocycles. The fourth-order valence-electron chi connectivity index (χ4n) is 0.712. The Morgan fingerprint density at radius 2 is 2.00 bits per heavy atom. The summed E-state index contributed by atoms with van der Waals surface area (Å²) in [5.41, 5.74) is 0.377. The Morgan fingerprint density at radius 3 is 2.55 bits per heavy atom. The Labute approximate surface area is 65.6 Å². The predicted octanol–water partition coefficient (Wildman–Crippen LogP) is 0.469. The highest BCUT2D eigenvalue weighted by molar-refractivity contribution is 7.72. The van der Waals surface area contributed by atoms with Gasteiger partial charge in [-0.25, -0.2) is 8.42 Å². The van der Waals surface area contributed by atoms with Gasteiger partial charge in [-0.2, -0.15) is 0 Å². The quantitative estimate of drug-likeness (QED) is 0.518. The number of rotatable bonds is 2. The van der Waals surface area contributed by atoms with Crippen LogP contribution in [0.25, 0.3) is 0 Å². The molecule has 1 aromatic carbocycles. The highest BCUT2D eigenvalue weighted by Crippen LogP contribution is 2.03. The lowest BCUT2D eigenvalue weighted by Crippen LogP contribution is -1.83. The first kappa shape index (κ1) is 7.94. The van der Waals surface area contributed by atoms with Crippen molar-refractivity contribution in [2.45, 2.75) is 4.90 Å². The normalized spacial score (nSPS) is 9.91. The number of thiol groups is 1. The van der Waals surface area contributed by atoms with Crippen molar-refractivity contribution in [3.63, 3.8) is 0 Å². The largest absolute Gasteiger partial charge is 0.298 e. The average molecular weight is 170 g/mol. The molecule has 0 aromatic heterocycles. The minimum atomic E-state index is -2.58. The first-order chi connectivity index (χ1) is 5.24. The fraction of sp³-hybridized carbons (Fsp3) is 0. The summed E-state index contributed by atoms with van der Waals surface area (Å²) in [6, 6.07) is 5.86. The number of carbonyl (C=O) groups excluding carboxylic acids is 1. The summed E-state index contributed by atoms with van der Waals surface area (Å²) in [6.07, 6.45) is 0.613. The minimum Gasteiger partial charge on any atom is -0.298 e. The van der Waals surface area contributed by atoms with Crippen LogP contribution in [-0.2, 0) is 10.7 Å². The van der Waals surface area contributed by atoms with Crippen LogP contribution in [0.3, 0.4) is 0 Å². The third kappa shape index (κ3) is 1.88. The molecule has 58 valence electrons. The van der Waals surface area contributed by atoms with Gasteiger partial charge in [-0.05, 0) is 12.1 Å². The fourth-order valence-corrected chi connectivity index (χ4v) is 1.17. The summed E-state index contributed by atoms with van der Waals surface area (Å²) in [6.45, 7) is 0. The summed E-state index contributed by atoms with van der Waals surface area (Å²) in [4.78, 5) is 10.4. The molecule has 3 nitrogen and oxygen atoms in total. The van der Waals surface area contributed by atoms with Gasteiger partial charge in [-0.15, -0.1) is 0 Å². The van der Waals surface area contributed by atoms with E-state index in [0.29, 0.717) is 11.8 Å². The lowest BCUT2D eigenvalue weighted by atomic mass is 10.2. The topological polar surface area (TPSA) is 51.2 Å². The van der Waals surface area contributed by atoms with Gasteiger partial charge in [0.15, 0.2) is 10.7 Å². The van der Waals surface area contributed by atoms with E-state index < -0.39 is 10.7 Å². The second kappa shape index (κ2) is 3.30. The molecule has 0 aliphatic rings. The Morgan fingerprint density at radius 1 is 1.27 bits per heavy atom. The lowest BCUT2D eigenvalue weighted by molar-refractivity contribution is 0.112. The third-order valence-corrected chi connectivity index (χ3v) is 1.92. The van der Waals surface area contributed by atoms with E-state index in [9.17, 15) is 13.2 Å². The molecule has 0 saturated heterocycles. The van der Waals surface area contributed by atoms with Crippen LogP contribution in [0.2, 0.25) is 0 Å². The molecule has 11 heavy (non-hydrogen) atoms. The molecule has 0 aliphatic carbocycles. The number of benzene rings is 1. The SMILES string of the molecule is O=Cc1cccc([SH](=O)=O)c1. The maximum Gasteiger partial charge on any atom is 0.168 e. The number of hydrogen-bond acceptors (Lipinski definition) is 3. The van der Waals surface area contributed by atoms with E-state index in [1.807, 2.05) is 0 Å². The van der Waals surface area contributed by atoms with Crippen molar-refractivity contribution >= 4 is 17.0 Å². The Bertz CT molecular complexity index is 333. The minimum absolute atomic E-state index is 0.171. The summed E-state index contributed by atoms with van der Waals surface area (Å²) in [5.74, 6) is 0. The maximum absolute atomic E-state index is 10.4. The zero-order valence-electron chi connectivity index (χ0n) is 5.56. The maximum atomic E-state index is 10.4. The molecule has 0 unspecified atom stereocenters. The lowest BCUT2D eigenvalue weighted by Gasteiger charge is -1.90. The van der Waals surface area contributed by atoms with Gasteiger partial charge < -0.3 is 0 Å². The second-order valence-corrected chi connectivity index (χ2v) is 3.00. The van der Waals surface area contributed by atoms with Crippen LogP contribution in [0.1, 0.15) is 10.4 Å². The molecule has 1 rings (SSSR count). The number of hydrogen-bond donors (Lipinski definition) is 1. The van der Waals surface area contributed by atoms with Crippen LogP contribution in [-0.4, -0.2) is 14.7 Å². The van der Waals surface area contributed by atoms with Gasteiger partial charge in [-0.3, -0.25) is 4.79 Å². The summed E-state index contributed by atoms with van der Waals surface area (Å²) >= 11 is 0. The van der Waals surface area contributed by atoms with Crippen LogP contribution >= 0.6 is 0 Å². The Balaban J connectivity index is 3.20. The molecule has 4 heteroatoms. The van der Waals surface area contributed by atoms with Crippen LogP contribution in [0.15, 0.2) is 29.2 Å². The van der Waals surface area contributed by atoms with E-state index >= 15 is 0 Å². The second-order valence-electron chi connectivity index (χ2n) is 1.97. The summed E-state index contributed by atoms with van der Waals surface area (Å²) in [5, 5.41) is 0.